The van der Waals surface area contributed by atoms with Gasteiger partial charge in [0.15, 0.2) is 0 Å². The number of rotatable bonds is 2. The first kappa shape index (κ1) is 7.95. The highest BCUT2D eigenvalue weighted by Crippen LogP contribution is 1.83. The Balaban J connectivity index is 3.18. The number of hydrogen-bond acceptors (Lipinski definition) is 1. The van der Waals surface area contributed by atoms with Gasteiger partial charge in [-0.1, -0.05) is 6.61 Å². The van der Waals surface area contributed by atoms with Crippen molar-refractivity contribution in [3.8, 4) is 11.8 Å². The van der Waals surface area contributed by atoms with E-state index in [1.807, 2.05) is 0 Å². The summed E-state index contributed by atoms with van der Waals surface area (Å²) in [7, 11) is 0. The van der Waals surface area contributed by atoms with Crippen molar-refractivity contribution in [2.75, 3.05) is 6.61 Å². The molecule has 1 nitrogen and oxygen atoms in total. The predicted octanol–water partition coefficient (Wildman–Crippen LogP) is 0.275. The highest BCUT2D eigenvalue weighted by Gasteiger charge is 1.78. The van der Waals surface area contributed by atoms with E-state index in [1.54, 1.807) is 0 Å². The fourth-order valence-corrected chi connectivity index (χ4v) is 0.353. The molecule has 0 bridgehead atoms. The van der Waals surface area contributed by atoms with Crippen molar-refractivity contribution >= 4 is 0 Å². The molecule has 9 heavy (non-hydrogen) atoms. The molecule has 0 amide bonds. The van der Waals surface area contributed by atoms with Crippen LogP contribution in [-0.4, -0.2) is 6.61 Å². The van der Waals surface area contributed by atoms with Crippen LogP contribution in [-0.2, 0) is 0 Å². The predicted molar refractivity (Wildman–Crippen MR) is 34.3 cm³/mol. The number of unbranched alkanes of at least 4 members (excludes halogenated alkanes) is 1. The first-order valence-electron chi connectivity index (χ1n) is 2.70. The van der Waals surface area contributed by atoms with E-state index in [0.29, 0.717) is 6.42 Å². The summed E-state index contributed by atoms with van der Waals surface area (Å²) in [6.45, 7) is 3.02. The standard InChI is InChI=1S/C8H8O/c1-2-3-4-5-6-7-8-9/h1,4-5,8H2. The number of allylic oxidation sites excluding steroid dienone is 1. The van der Waals surface area contributed by atoms with Crippen LogP contribution in [0.25, 0.3) is 0 Å². The van der Waals surface area contributed by atoms with E-state index in [4.69, 9.17) is 0 Å². The molecule has 0 saturated heterocycles. The minimum absolute atomic E-state index is 0.308. The van der Waals surface area contributed by atoms with E-state index in [1.165, 1.54) is 0 Å². The van der Waals surface area contributed by atoms with E-state index in [-0.39, 0.29) is 6.61 Å². The summed E-state index contributed by atoms with van der Waals surface area (Å²) in [6, 6.07) is 0. The molecule has 0 aliphatic carbocycles. The molecule has 0 aliphatic rings. The summed E-state index contributed by atoms with van der Waals surface area (Å²) in [4.78, 5) is 0. The Hall–Kier alpha value is -1.05. The maximum absolute atomic E-state index is 9.74. The van der Waals surface area contributed by atoms with E-state index in [9.17, 15) is 5.11 Å². The Morgan fingerprint density at radius 1 is 1.44 bits per heavy atom. The van der Waals surface area contributed by atoms with Crippen molar-refractivity contribution in [1.29, 1.82) is 0 Å². The van der Waals surface area contributed by atoms with Gasteiger partial charge < -0.3 is 5.11 Å². The lowest BCUT2D eigenvalue weighted by atomic mass is 10.3. The molecular formula is C8H8O. The molecule has 0 fully saturated rings. The summed E-state index contributed by atoms with van der Waals surface area (Å²) >= 11 is 0. The highest BCUT2D eigenvalue weighted by molar-refractivity contribution is 4.98. The average molecular weight is 120 g/mol. The second-order valence-electron chi connectivity index (χ2n) is 1.35. The van der Waals surface area contributed by atoms with E-state index in [2.05, 4.69) is 30.2 Å². The molecule has 0 unspecified atom stereocenters. The zero-order valence-corrected chi connectivity index (χ0v) is 5.24. The summed E-state index contributed by atoms with van der Waals surface area (Å²) in [5.41, 5.74) is 2.50. The van der Waals surface area contributed by atoms with Gasteiger partial charge in [0.2, 0.25) is 0 Å². The summed E-state index contributed by atoms with van der Waals surface area (Å²) < 4.78 is 0. The Morgan fingerprint density at radius 2 is 2.22 bits per heavy atom. The van der Waals surface area contributed by atoms with Crippen LogP contribution in [0.3, 0.4) is 0 Å². The highest BCUT2D eigenvalue weighted by atomic mass is 16.2. The minimum atomic E-state index is -0.308. The fraction of sp³-hybridized carbons (Fsp3) is 0.375. The fourth-order valence-electron chi connectivity index (χ4n) is 0.353. The molecule has 0 atom stereocenters. The van der Waals surface area contributed by atoms with Crippen molar-refractivity contribution in [2.24, 2.45) is 0 Å². The third-order valence-electron chi connectivity index (χ3n) is 0.697. The Morgan fingerprint density at radius 3 is 2.78 bits per heavy atom. The molecule has 0 rings (SSSR count). The van der Waals surface area contributed by atoms with E-state index < -0.39 is 0 Å². The van der Waals surface area contributed by atoms with Gasteiger partial charge in [0.1, 0.15) is 18.2 Å². The third kappa shape index (κ3) is 6.95. The Labute approximate surface area is 55.7 Å². The van der Waals surface area contributed by atoms with Crippen LogP contribution in [0.2, 0.25) is 0 Å². The zero-order chi connectivity index (χ0) is 6.95. The normalized spacial score (nSPS) is 6.33. The SMILES string of the molecule is C=C=[C+]CCC#CC[O-]. The van der Waals surface area contributed by atoms with Gasteiger partial charge in [-0.3, -0.25) is 0 Å². The minimum Gasteiger partial charge on any atom is -0.845 e. The first-order chi connectivity index (χ1) is 4.41. The van der Waals surface area contributed by atoms with Gasteiger partial charge in [-0.05, 0) is 0 Å². The Bertz CT molecular complexity index is 153. The molecule has 46 valence electrons. The van der Waals surface area contributed by atoms with Crippen LogP contribution in [0.1, 0.15) is 12.8 Å². The van der Waals surface area contributed by atoms with Gasteiger partial charge in [-0.2, -0.15) is 0 Å². The van der Waals surface area contributed by atoms with Crippen LogP contribution >= 0.6 is 0 Å². The van der Waals surface area contributed by atoms with Crippen LogP contribution in [0, 0.1) is 17.9 Å². The van der Waals surface area contributed by atoms with Crippen LogP contribution in [0.4, 0.5) is 0 Å². The van der Waals surface area contributed by atoms with Crippen molar-refractivity contribution in [3.05, 3.63) is 18.4 Å². The van der Waals surface area contributed by atoms with E-state index >= 15 is 0 Å². The van der Waals surface area contributed by atoms with Gasteiger partial charge in [0, 0.05) is 6.42 Å². The maximum atomic E-state index is 9.74. The smallest absolute Gasteiger partial charge is 0.135 e. The first-order valence-corrected chi connectivity index (χ1v) is 2.70. The zero-order valence-electron chi connectivity index (χ0n) is 5.24. The van der Waals surface area contributed by atoms with Crippen LogP contribution in [0.5, 0.6) is 0 Å². The van der Waals surface area contributed by atoms with Crippen LogP contribution in [0.15, 0.2) is 12.3 Å². The average Bonchev–Trinajstić information content (AvgIpc) is 1.89. The van der Waals surface area contributed by atoms with Gasteiger partial charge in [0.25, 0.3) is 0 Å². The summed E-state index contributed by atoms with van der Waals surface area (Å²) in [6.07, 6.45) is 4.15. The maximum Gasteiger partial charge on any atom is 0.135 e. The lowest BCUT2D eigenvalue weighted by Gasteiger charge is -1.84. The molecule has 0 saturated carbocycles. The lowest BCUT2D eigenvalue weighted by molar-refractivity contribution is -0.349. The second kappa shape index (κ2) is 6.95. The van der Waals surface area contributed by atoms with Gasteiger partial charge >= 0.3 is 0 Å². The molecule has 0 heterocycles. The molecule has 0 spiro atoms. The van der Waals surface area contributed by atoms with Gasteiger partial charge in [-0.15, -0.1) is 11.8 Å². The lowest BCUT2D eigenvalue weighted by Crippen LogP contribution is -2.00. The molecule has 0 aliphatic heterocycles. The summed E-state index contributed by atoms with van der Waals surface area (Å²) in [5, 5.41) is 9.74. The second-order valence-corrected chi connectivity index (χ2v) is 1.35. The largest absolute Gasteiger partial charge is 0.845 e. The van der Waals surface area contributed by atoms with Gasteiger partial charge in [-0.25, -0.2) is 0 Å². The van der Waals surface area contributed by atoms with Crippen molar-refractivity contribution in [2.45, 2.75) is 12.8 Å². The summed E-state index contributed by atoms with van der Waals surface area (Å²) in [5.74, 6) is 5.09. The molecule has 0 radical (unpaired) electrons. The molecule has 0 aromatic carbocycles. The molecule has 0 aromatic heterocycles. The Kier molecular flexibility index (Phi) is 6.14. The molecule has 0 aromatic rings. The van der Waals surface area contributed by atoms with Crippen molar-refractivity contribution < 1.29 is 5.11 Å². The van der Waals surface area contributed by atoms with Crippen LogP contribution < -0.4 is 5.11 Å². The van der Waals surface area contributed by atoms with Crippen molar-refractivity contribution in [1.82, 2.24) is 0 Å². The van der Waals surface area contributed by atoms with Gasteiger partial charge in [0.05, 0.1) is 6.58 Å². The third-order valence-corrected chi connectivity index (χ3v) is 0.697. The molecular weight excluding hydrogens is 112 g/mol. The molecule has 1 heteroatoms. The topological polar surface area (TPSA) is 23.1 Å². The quantitative estimate of drug-likeness (QED) is 0.222. The monoisotopic (exact) mass is 120 g/mol. The van der Waals surface area contributed by atoms with E-state index in [0.717, 1.165) is 6.42 Å². The van der Waals surface area contributed by atoms with Crippen molar-refractivity contribution in [3.63, 3.8) is 0 Å². The molecule has 0 N–H and O–H groups in total. The number of hydrogen-bond donors (Lipinski definition) is 0.